The third-order valence-electron chi connectivity index (χ3n) is 5.40. The third-order valence-corrected chi connectivity index (χ3v) is 5.40. The summed E-state index contributed by atoms with van der Waals surface area (Å²) in [7, 11) is 0. The van der Waals surface area contributed by atoms with Crippen LogP contribution in [0.1, 0.15) is 56.4 Å². The van der Waals surface area contributed by atoms with Gasteiger partial charge in [0.15, 0.2) is 11.6 Å². The minimum Gasteiger partial charge on any atom is -0.343 e. The van der Waals surface area contributed by atoms with E-state index in [4.69, 9.17) is 0 Å². The number of hydrogen-bond acceptors (Lipinski definition) is 2. The largest absolute Gasteiger partial charge is 0.343 e. The molecule has 0 bridgehead atoms. The van der Waals surface area contributed by atoms with Gasteiger partial charge in [-0.1, -0.05) is 6.07 Å². The third kappa shape index (κ3) is 4.40. The molecule has 0 saturated carbocycles. The van der Waals surface area contributed by atoms with Gasteiger partial charge in [-0.05, 0) is 56.2 Å². The van der Waals surface area contributed by atoms with Crippen molar-refractivity contribution in [2.45, 2.75) is 50.9 Å². The Kier molecular flexibility index (Phi) is 6.22. The van der Waals surface area contributed by atoms with Gasteiger partial charge in [-0.3, -0.25) is 9.59 Å². The number of nitrogens with zero attached hydrogens (tertiary/aromatic N) is 2. The van der Waals surface area contributed by atoms with E-state index in [0.29, 0.717) is 31.7 Å². The van der Waals surface area contributed by atoms with Crippen molar-refractivity contribution in [2.24, 2.45) is 0 Å². The van der Waals surface area contributed by atoms with Crippen LogP contribution in [0.4, 0.5) is 8.78 Å². The molecule has 0 radical (unpaired) electrons. The smallest absolute Gasteiger partial charge is 0.230 e. The first-order valence-corrected chi connectivity index (χ1v) is 9.58. The zero-order valence-corrected chi connectivity index (χ0v) is 15.1. The van der Waals surface area contributed by atoms with Gasteiger partial charge in [0.2, 0.25) is 11.8 Å². The van der Waals surface area contributed by atoms with E-state index in [-0.39, 0.29) is 18.2 Å². The predicted molar refractivity (Wildman–Crippen MR) is 94.6 cm³/mol. The molecular weight excluding hydrogens is 338 g/mol. The molecule has 1 unspecified atom stereocenters. The van der Waals surface area contributed by atoms with Crippen molar-refractivity contribution in [3.8, 4) is 0 Å². The number of benzene rings is 1. The summed E-state index contributed by atoms with van der Waals surface area (Å²) >= 11 is 0. The summed E-state index contributed by atoms with van der Waals surface area (Å²) in [6.07, 6.45) is 6.05. The topological polar surface area (TPSA) is 40.6 Å². The van der Waals surface area contributed by atoms with Crippen LogP contribution >= 0.6 is 0 Å². The maximum absolute atomic E-state index is 13.7. The molecule has 2 amide bonds. The van der Waals surface area contributed by atoms with Gasteiger partial charge in [-0.2, -0.15) is 0 Å². The molecule has 0 spiro atoms. The Morgan fingerprint density at radius 3 is 2.00 bits per heavy atom. The minimum atomic E-state index is -0.982. The fraction of sp³-hybridized carbons (Fsp3) is 0.600. The van der Waals surface area contributed by atoms with Crippen LogP contribution in [0, 0.1) is 11.6 Å². The maximum Gasteiger partial charge on any atom is 0.230 e. The van der Waals surface area contributed by atoms with Crippen molar-refractivity contribution < 1.29 is 18.4 Å². The van der Waals surface area contributed by atoms with Gasteiger partial charge in [0, 0.05) is 32.6 Å². The van der Waals surface area contributed by atoms with Crippen LogP contribution < -0.4 is 0 Å². The summed E-state index contributed by atoms with van der Waals surface area (Å²) in [5.41, 5.74) is 0.379. The molecule has 2 heterocycles. The number of likely N-dealkylation sites (tertiary alicyclic amines) is 2. The van der Waals surface area contributed by atoms with E-state index in [0.717, 1.165) is 50.7 Å². The van der Waals surface area contributed by atoms with Crippen molar-refractivity contribution in [3.05, 3.63) is 35.4 Å². The molecule has 1 atom stereocenters. The molecule has 0 N–H and O–H groups in total. The summed E-state index contributed by atoms with van der Waals surface area (Å²) in [6, 6.07) is 3.52. The van der Waals surface area contributed by atoms with E-state index in [2.05, 4.69) is 0 Å². The molecule has 2 saturated heterocycles. The van der Waals surface area contributed by atoms with E-state index >= 15 is 0 Å². The van der Waals surface area contributed by atoms with E-state index in [1.165, 1.54) is 6.07 Å². The summed E-state index contributed by atoms with van der Waals surface area (Å²) in [5, 5.41) is 0. The van der Waals surface area contributed by atoms with Gasteiger partial charge in [-0.15, -0.1) is 0 Å². The van der Waals surface area contributed by atoms with Crippen LogP contribution in [0.15, 0.2) is 18.2 Å². The van der Waals surface area contributed by atoms with Gasteiger partial charge in [-0.25, -0.2) is 8.78 Å². The zero-order valence-electron chi connectivity index (χ0n) is 15.1. The second kappa shape index (κ2) is 8.60. The van der Waals surface area contributed by atoms with E-state index < -0.39 is 17.6 Å². The molecule has 0 aliphatic carbocycles. The van der Waals surface area contributed by atoms with Crippen molar-refractivity contribution >= 4 is 11.8 Å². The van der Waals surface area contributed by atoms with E-state index in [1.54, 1.807) is 9.80 Å². The Hall–Kier alpha value is -1.98. The lowest BCUT2D eigenvalue weighted by molar-refractivity contribution is -0.139. The molecule has 1 aromatic rings. The van der Waals surface area contributed by atoms with Crippen molar-refractivity contribution in [1.82, 2.24) is 9.80 Å². The first kappa shape index (κ1) is 18.8. The molecule has 2 aliphatic rings. The Bertz CT molecular complexity index is 653. The highest BCUT2D eigenvalue weighted by Crippen LogP contribution is 2.27. The maximum atomic E-state index is 13.7. The SMILES string of the molecule is O=C(CC(C(=O)N1CCCCC1)c1ccc(F)c(F)c1)N1CCCCC1. The molecule has 0 aromatic heterocycles. The number of rotatable bonds is 4. The molecule has 1 aromatic carbocycles. The number of amides is 2. The summed E-state index contributed by atoms with van der Waals surface area (Å²) < 4.78 is 27.1. The van der Waals surface area contributed by atoms with Gasteiger partial charge in [0.05, 0.1) is 5.92 Å². The molecule has 2 fully saturated rings. The van der Waals surface area contributed by atoms with Gasteiger partial charge < -0.3 is 9.80 Å². The van der Waals surface area contributed by atoms with Crippen LogP contribution in [-0.2, 0) is 9.59 Å². The Morgan fingerprint density at radius 2 is 1.42 bits per heavy atom. The molecule has 3 rings (SSSR count). The Balaban J connectivity index is 1.81. The van der Waals surface area contributed by atoms with Crippen LogP contribution in [0.5, 0.6) is 0 Å². The highest BCUT2D eigenvalue weighted by Gasteiger charge is 2.31. The number of carbonyl (C=O) groups excluding carboxylic acids is 2. The predicted octanol–water partition coefficient (Wildman–Crippen LogP) is 3.46. The second-order valence-corrected chi connectivity index (χ2v) is 7.26. The standard InChI is InChI=1S/C20H26F2N2O2/c21-17-8-7-15(13-18(17)22)16(20(26)24-11-5-2-6-12-24)14-19(25)23-9-3-1-4-10-23/h7-8,13,16H,1-6,9-12,14H2. The number of piperidine rings is 2. The first-order chi connectivity index (χ1) is 12.6. The lowest BCUT2D eigenvalue weighted by Crippen LogP contribution is -2.42. The molecule has 26 heavy (non-hydrogen) atoms. The van der Waals surface area contributed by atoms with E-state index in [1.807, 2.05) is 0 Å². The molecular formula is C20H26F2N2O2. The van der Waals surface area contributed by atoms with Gasteiger partial charge >= 0.3 is 0 Å². The second-order valence-electron chi connectivity index (χ2n) is 7.26. The van der Waals surface area contributed by atoms with Crippen molar-refractivity contribution in [3.63, 3.8) is 0 Å². The van der Waals surface area contributed by atoms with Crippen LogP contribution in [0.3, 0.4) is 0 Å². The fourth-order valence-corrected chi connectivity index (χ4v) is 3.86. The lowest BCUT2D eigenvalue weighted by Gasteiger charge is -2.32. The molecule has 6 heteroatoms. The van der Waals surface area contributed by atoms with Crippen molar-refractivity contribution in [1.29, 1.82) is 0 Å². The normalized spacial score (nSPS) is 19.3. The van der Waals surface area contributed by atoms with Crippen LogP contribution in [0.2, 0.25) is 0 Å². The van der Waals surface area contributed by atoms with Crippen LogP contribution in [0.25, 0.3) is 0 Å². The highest BCUT2D eigenvalue weighted by atomic mass is 19.2. The number of hydrogen-bond donors (Lipinski definition) is 0. The van der Waals surface area contributed by atoms with Crippen molar-refractivity contribution in [2.75, 3.05) is 26.2 Å². The quantitative estimate of drug-likeness (QED) is 0.821. The number of halogens is 2. The zero-order chi connectivity index (χ0) is 18.5. The first-order valence-electron chi connectivity index (χ1n) is 9.58. The summed E-state index contributed by atoms with van der Waals surface area (Å²) in [5.74, 6) is -2.91. The average molecular weight is 364 g/mol. The number of carbonyl (C=O) groups is 2. The van der Waals surface area contributed by atoms with Gasteiger partial charge in [0.25, 0.3) is 0 Å². The molecule has 142 valence electrons. The minimum absolute atomic E-state index is 0.0143. The monoisotopic (exact) mass is 364 g/mol. The Labute approximate surface area is 153 Å². The summed E-state index contributed by atoms with van der Waals surface area (Å²) in [4.78, 5) is 29.3. The van der Waals surface area contributed by atoms with Crippen LogP contribution in [-0.4, -0.2) is 47.8 Å². The lowest BCUT2D eigenvalue weighted by atomic mass is 9.92. The Morgan fingerprint density at radius 1 is 0.846 bits per heavy atom. The summed E-state index contributed by atoms with van der Waals surface area (Å²) in [6.45, 7) is 2.75. The van der Waals surface area contributed by atoms with Gasteiger partial charge in [0.1, 0.15) is 0 Å². The van der Waals surface area contributed by atoms with E-state index in [9.17, 15) is 18.4 Å². The average Bonchev–Trinajstić information content (AvgIpc) is 2.69. The molecule has 2 aliphatic heterocycles. The highest BCUT2D eigenvalue weighted by molar-refractivity contribution is 5.90. The molecule has 4 nitrogen and oxygen atoms in total. The fourth-order valence-electron chi connectivity index (χ4n) is 3.86.